The first-order chi connectivity index (χ1) is 12.0. The Kier molecular flexibility index (Phi) is 5.67. The second-order valence-corrected chi connectivity index (χ2v) is 8.21. The minimum absolute atomic E-state index is 0.160. The fourth-order valence-electron chi connectivity index (χ4n) is 3.54. The second-order valence-electron chi connectivity index (χ2n) is 7.11. The van der Waals surface area contributed by atoms with Gasteiger partial charge in [-0.2, -0.15) is 0 Å². The van der Waals surface area contributed by atoms with E-state index in [1.165, 1.54) is 16.7 Å². The van der Waals surface area contributed by atoms with Gasteiger partial charge in [-0.25, -0.2) is 0 Å². The Labute approximate surface area is 158 Å². The zero-order valence-electron chi connectivity index (χ0n) is 15.2. The summed E-state index contributed by atoms with van der Waals surface area (Å²) in [4.78, 5) is 14.9. The lowest BCUT2D eigenvalue weighted by molar-refractivity contribution is -0.128. The van der Waals surface area contributed by atoms with Crippen LogP contribution >= 0.6 is 15.9 Å². The van der Waals surface area contributed by atoms with Crippen molar-refractivity contribution >= 4 is 21.8 Å². The summed E-state index contributed by atoms with van der Waals surface area (Å²) in [5.74, 6) is 1.75. The molecule has 1 unspecified atom stereocenters. The lowest BCUT2D eigenvalue weighted by Gasteiger charge is -2.33. The van der Waals surface area contributed by atoms with E-state index in [0.29, 0.717) is 17.2 Å². The van der Waals surface area contributed by atoms with E-state index in [1.54, 1.807) is 7.11 Å². The molecule has 25 heavy (non-hydrogen) atoms. The minimum atomic E-state index is 0.160. The van der Waals surface area contributed by atoms with Crippen LogP contribution in [0.2, 0.25) is 0 Å². The van der Waals surface area contributed by atoms with Crippen LogP contribution in [0.5, 0.6) is 0 Å². The molecule has 0 saturated carbocycles. The van der Waals surface area contributed by atoms with Crippen molar-refractivity contribution in [2.75, 3.05) is 13.7 Å². The highest BCUT2D eigenvalue weighted by molar-refractivity contribution is 9.09. The van der Waals surface area contributed by atoms with E-state index in [-0.39, 0.29) is 5.91 Å². The predicted molar refractivity (Wildman–Crippen MR) is 105 cm³/mol. The average Bonchev–Trinajstić information content (AvgIpc) is 2.62. The highest BCUT2D eigenvalue weighted by Crippen LogP contribution is 2.38. The maximum Gasteiger partial charge on any atom is 0.230 e. The first-order valence-electron chi connectivity index (χ1n) is 9.00. The number of ether oxygens (including phenoxy) is 1. The molecule has 134 valence electrons. The molecule has 0 N–H and O–H groups in total. The number of carbonyl (C=O) groups excluding carboxylic acids is 1. The Hall–Kier alpha value is -1.55. The number of rotatable bonds is 4. The highest BCUT2D eigenvalue weighted by Gasteiger charge is 2.30. The van der Waals surface area contributed by atoms with Crippen LogP contribution in [0.15, 0.2) is 47.4 Å². The lowest BCUT2D eigenvalue weighted by Crippen LogP contribution is -2.34. The molecule has 1 atom stereocenters. The van der Waals surface area contributed by atoms with Gasteiger partial charge in [0.15, 0.2) is 0 Å². The number of benzene rings is 1. The first kappa shape index (κ1) is 18.2. The minimum Gasteiger partial charge on any atom is -0.501 e. The van der Waals surface area contributed by atoms with Crippen LogP contribution in [0, 0.1) is 0 Å². The van der Waals surface area contributed by atoms with Crippen molar-refractivity contribution in [2.24, 2.45) is 0 Å². The molecule has 1 aliphatic carbocycles. The van der Waals surface area contributed by atoms with Crippen LogP contribution in [0.3, 0.4) is 0 Å². The molecule has 1 aliphatic heterocycles. The van der Waals surface area contributed by atoms with Gasteiger partial charge in [0.1, 0.15) is 0 Å². The molecule has 1 aromatic rings. The molecule has 0 aromatic heterocycles. The normalized spacial score (nSPS) is 20.4. The summed E-state index contributed by atoms with van der Waals surface area (Å²) in [5, 5.41) is 0. The SMILES string of the molecule is COC1=C2CCN(C(=O)Cc3ccc(C(C)C)cc3)C=C2C(Br)CC1. The monoisotopic (exact) mass is 403 g/mol. The Bertz CT molecular complexity index is 703. The number of allylic oxidation sites excluding steroid dienone is 2. The van der Waals surface area contributed by atoms with Crippen molar-refractivity contribution in [3.8, 4) is 0 Å². The van der Waals surface area contributed by atoms with Gasteiger partial charge in [-0.1, -0.05) is 54.0 Å². The summed E-state index contributed by atoms with van der Waals surface area (Å²) >= 11 is 3.76. The van der Waals surface area contributed by atoms with Gasteiger partial charge in [0.05, 0.1) is 19.3 Å². The van der Waals surface area contributed by atoms with E-state index in [9.17, 15) is 4.79 Å². The Balaban J connectivity index is 1.74. The third kappa shape index (κ3) is 4.00. The van der Waals surface area contributed by atoms with Gasteiger partial charge in [0.25, 0.3) is 0 Å². The molecule has 3 nitrogen and oxygen atoms in total. The van der Waals surface area contributed by atoms with Gasteiger partial charge < -0.3 is 9.64 Å². The predicted octanol–water partition coefficient (Wildman–Crippen LogP) is 4.93. The largest absolute Gasteiger partial charge is 0.501 e. The molecule has 1 amide bonds. The van der Waals surface area contributed by atoms with Crippen LogP contribution in [-0.2, 0) is 16.0 Å². The quantitative estimate of drug-likeness (QED) is 0.667. The number of carbonyl (C=O) groups is 1. The summed E-state index contributed by atoms with van der Waals surface area (Å²) in [6, 6.07) is 8.41. The van der Waals surface area contributed by atoms with Crippen LogP contribution in [-0.4, -0.2) is 29.3 Å². The Morgan fingerprint density at radius 1 is 1.28 bits per heavy atom. The molecule has 3 rings (SSSR count). The average molecular weight is 404 g/mol. The molecule has 1 heterocycles. The molecule has 2 aliphatic rings. The summed E-state index contributed by atoms with van der Waals surface area (Å²) in [5.41, 5.74) is 4.87. The van der Waals surface area contributed by atoms with Crippen molar-refractivity contribution in [2.45, 2.75) is 50.3 Å². The van der Waals surface area contributed by atoms with E-state index >= 15 is 0 Å². The van der Waals surface area contributed by atoms with Gasteiger partial charge in [0.2, 0.25) is 5.91 Å². The molecule has 0 bridgehead atoms. The zero-order valence-corrected chi connectivity index (χ0v) is 16.8. The Morgan fingerprint density at radius 3 is 2.64 bits per heavy atom. The number of amides is 1. The van der Waals surface area contributed by atoms with E-state index < -0.39 is 0 Å². The van der Waals surface area contributed by atoms with Crippen LogP contribution in [0.1, 0.15) is 50.2 Å². The number of hydrogen-bond acceptors (Lipinski definition) is 2. The number of methoxy groups -OCH3 is 1. The van der Waals surface area contributed by atoms with Crippen molar-refractivity contribution in [1.82, 2.24) is 4.90 Å². The van der Waals surface area contributed by atoms with Crippen molar-refractivity contribution in [1.29, 1.82) is 0 Å². The van der Waals surface area contributed by atoms with Crippen LogP contribution < -0.4 is 0 Å². The molecule has 0 saturated heterocycles. The van der Waals surface area contributed by atoms with Crippen LogP contribution in [0.25, 0.3) is 0 Å². The molecule has 0 radical (unpaired) electrons. The maximum absolute atomic E-state index is 12.7. The van der Waals surface area contributed by atoms with E-state index in [2.05, 4.69) is 54.0 Å². The van der Waals surface area contributed by atoms with Crippen LogP contribution in [0.4, 0.5) is 0 Å². The molecular weight excluding hydrogens is 378 g/mol. The summed E-state index contributed by atoms with van der Waals surface area (Å²) in [6.07, 6.45) is 5.33. The number of fused-ring (bicyclic) bond motifs is 1. The number of nitrogens with zero attached hydrogens (tertiary/aromatic N) is 1. The van der Waals surface area contributed by atoms with Crippen molar-refractivity contribution < 1.29 is 9.53 Å². The van der Waals surface area contributed by atoms with Gasteiger partial charge in [0, 0.05) is 24.0 Å². The Morgan fingerprint density at radius 2 is 2.00 bits per heavy atom. The van der Waals surface area contributed by atoms with Crippen molar-refractivity contribution in [3.05, 3.63) is 58.5 Å². The van der Waals surface area contributed by atoms with E-state index in [4.69, 9.17) is 4.74 Å². The number of alkyl halides is 1. The topological polar surface area (TPSA) is 29.5 Å². The lowest BCUT2D eigenvalue weighted by atomic mass is 9.88. The molecule has 0 fully saturated rings. The van der Waals surface area contributed by atoms with Gasteiger partial charge in [-0.3, -0.25) is 4.79 Å². The third-order valence-corrected chi connectivity index (χ3v) is 6.06. The fraction of sp³-hybridized carbons (Fsp3) is 0.476. The third-order valence-electron chi connectivity index (χ3n) is 5.11. The summed E-state index contributed by atoms with van der Waals surface area (Å²) < 4.78 is 5.55. The van der Waals surface area contributed by atoms with Gasteiger partial charge >= 0.3 is 0 Å². The number of halogens is 1. The molecular formula is C21H26BrNO2. The number of hydrogen-bond donors (Lipinski definition) is 0. The second kappa shape index (κ2) is 7.77. The summed E-state index contributed by atoms with van der Waals surface area (Å²) in [7, 11) is 1.74. The van der Waals surface area contributed by atoms with Crippen molar-refractivity contribution in [3.63, 3.8) is 0 Å². The molecule has 0 spiro atoms. The zero-order chi connectivity index (χ0) is 18.0. The van der Waals surface area contributed by atoms with Gasteiger partial charge in [-0.15, -0.1) is 0 Å². The smallest absolute Gasteiger partial charge is 0.230 e. The van der Waals surface area contributed by atoms with E-state index in [0.717, 1.165) is 37.1 Å². The standard InChI is InChI=1S/C21H26BrNO2/c1-14(2)16-6-4-15(5-7-16)12-21(24)23-11-10-17-18(13-23)19(22)8-9-20(17)25-3/h4-7,13-14,19H,8-12H2,1-3H3. The molecule has 4 heteroatoms. The fourth-order valence-corrected chi connectivity index (χ4v) is 4.16. The first-order valence-corrected chi connectivity index (χ1v) is 9.91. The highest BCUT2D eigenvalue weighted by atomic mass is 79.9. The summed E-state index contributed by atoms with van der Waals surface area (Å²) in [6.45, 7) is 5.09. The van der Waals surface area contributed by atoms with Gasteiger partial charge in [-0.05, 0) is 41.0 Å². The maximum atomic E-state index is 12.7. The molecule has 1 aromatic carbocycles. The van der Waals surface area contributed by atoms with E-state index in [1.807, 2.05) is 11.1 Å².